The zero-order valence-corrected chi connectivity index (χ0v) is 14.2. The molecule has 2 aromatic rings. The van der Waals surface area contributed by atoms with Crippen molar-refractivity contribution in [1.29, 1.82) is 0 Å². The molecule has 0 fully saturated rings. The second-order valence-corrected chi connectivity index (χ2v) is 7.43. The summed E-state index contributed by atoms with van der Waals surface area (Å²) in [6.07, 6.45) is 2.41. The molecule has 0 N–H and O–H groups in total. The van der Waals surface area contributed by atoms with Gasteiger partial charge in [0.2, 0.25) is 0 Å². The summed E-state index contributed by atoms with van der Waals surface area (Å²) in [7, 11) is 0. The predicted molar refractivity (Wildman–Crippen MR) is 99.8 cm³/mol. The van der Waals surface area contributed by atoms with Gasteiger partial charge in [-0.1, -0.05) is 60.2 Å². The zero-order valence-electron chi connectivity index (χ0n) is 13.4. The normalized spacial score (nSPS) is 26.5. The Labute approximate surface area is 141 Å². The number of nitrogens with zero attached hydrogens (tertiary/aromatic N) is 2. The highest BCUT2D eigenvalue weighted by Gasteiger charge is 2.41. The van der Waals surface area contributed by atoms with Crippen LogP contribution in [0.4, 0.5) is 5.69 Å². The van der Waals surface area contributed by atoms with Crippen molar-refractivity contribution in [2.75, 3.05) is 5.01 Å². The van der Waals surface area contributed by atoms with E-state index in [2.05, 4.69) is 85.6 Å². The number of anilines is 1. The van der Waals surface area contributed by atoms with Crippen LogP contribution in [0, 0.1) is 5.92 Å². The molecule has 0 aliphatic carbocycles. The lowest BCUT2D eigenvalue weighted by Crippen LogP contribution is -2.33. The molecule has 4 rings (SSSR count). The fourth-order valence-electron chi connectivity index (χ4n) is 3.46. The molecule has 3 heteroatoms. The molecule has 0 radical (unpaired) electrons. The van der Waals surface area contributed by atoms with Crippen LogP contribution >= 0.6 is 11.8 Å². The maximum Gasteiger partial charge on any atom is 0.110 e. The molecule has 3 atom stereocenters. The number of para-hydroxylation sites is 1. The molecule has 0 saturated carbocycles. The van der Waals surface area contributed by atoms with Crippen LogP contribution in [0.3, 0.4) is 0 Å². The van der Waals surface area contributed by atoms with Gasteiger partial charge in [-0.2, -0.15) is 5.10 Å². The van der Waals surface area contributed by atoms with Crippen LogP contribution in [0.25, 0.3) is 0 Å². The second-order valence-electron chi connectivity index (χ2n) is 6.17. The molecule has 0 unspecified atom stereocenters. The number of hydrogen-bond donors (Lipinski definition) is 0. The third-order valence-corrected chi connectivity index (χ3v) is 6.03. The molecule has 2 nitrogen and oxygen atoms in total. The summed E-state index contributed by atoms with van der Waals surface area (Å²) < 4.78 is 0. The number of thioether (sulfide) groups is 1. The Kier molecular flexibility index (Phi) is 3.74. The summed E-state index contributed by atoms with van der Waals surface area (Å²) in [6.45, 7) is 4.40. The minimum atomic E-state index is 0.340. The van der Waals surface area contributed by atoms with Crippen molar-refractivity contribution in [2.45, 2.75) is 24.5 Å². The molecule has 0 aromatic heterocycles. The smallest absolute Gasteiger partial charge is 0.110 e. The van der Waals surface area contributed by atoms with Crippen LogP contribution in [0.5, 0.6) is 0 Å². The van der Waals surface area contributed by atoms with Gasteiger partial charge in [0.05, 0.1) is 16.9 Å². The maximum absolute atomic E-state index is 4.87. The minimum absolute atomic E-state index is 0.340. The third-order valence-electron chi connectivity index (χ3n) is 4.58. The highest BCUT2D eigenvalue weighted by molar-refractivity contribution is 8.00. The topological polar surface area (TPSA) is 15.6 Å². The first-order valence-electron chi connectivity index (χ1n) is 8.02. The summed E-state index contributed by atoms with van der Waals surface area (Å²) in [5.74, 6) is 0.417. The van der Waals surface area contributed by atoms with Gasteiger partial charge in [0.25, 0.3) is 0 Å². The molecule has 2 heterocycles. The van der Waals surface area contributed by atoms with Crippen LogP contribution in [-0.4, -0.2) is 11.1 Å². The molecular weight excluding hydrogens is 300 g/mol. The van der Waals surface area contributed by atoms with E-state index in [1.165, 1.54) is 22.5 Å². The van der Waals surface area contributed by atoms with Crippen molar-refractivity contribution in [3.8, 4) is 0 Å². The van der Waals surface area contributed by atoms with Gasteiger partial charge >= 0.3 is 0 Å². The first-order valence-corrected chi connectivity index (χ1v) is 8.96. The van der Waals surface area contributed by atoms with Crippen LogP contribution < -0.4 is 5.01 Å². The molecule has 0 saturated heterocycles. The minimum Gasteiger partial charge on any atom is -0.251 e. The number of fused-ring (bicyclic) bond motifs is 1. The Hall–Kier alpha value is -2.00. The largest absolute Gasteiger partial charge is 0.251 e. The number of hydrazone groups is 1. The van der Waals surface area contributed by atoms with Gasteiger partial charge in [0.1, 0.15) is 5.37 Å². The molecule has 0 spiro atoms. The summed E-state index contributed by atoms with van der Waals surface area (Å²) in [5, 5.41) is 7.81. The zero-order chi connectivity index (χ0) is 15.8. The number of benzene rings is 2. The number of hydrogen-bond acceptors (Lipinski definition) is 3. The SMILES string of the molecule is CC1=C[C@H](c2ccccc2)S[C@H]2[C@H]1C(C)=NN2c1ccccc1. The van der Waals surface area contributed by atoms with E-state index in [1.807, 2.05) is 11.8 Å². The van der Waals surface area contributed by atoms with E-state index in [0.29, 0.717) is 16.5 Å². The van der Waals surface area contributed by atoms with Gasteiger partial charge in [-0.15, -0.1) is 11.8 Å². The van der Waals surface area contributed by atoms with E-state index < -0.39 is 0 Å². The van der Waals surface area contributed by atoms with Crippen LogP contribution in [0.15, 0.2) is 77.4 Å². The third kappa shape index (κ3) is 2.59. The van der Waals surface area contributed by atoms with Gasteiger partial charge in [-0.05, 0) is 31.5 Å². The Bertz CT molecular complexity index is 752. The average molecular weight is 320 g/mol. The second kappa shape index (κ2) is 5.89. The molecule has 2 aromatic carbocycles. The van der Waals surface area contributed by atoms with Gasteiger partial charge < -0.3 is 0 Å². The van der Waals surface area contributed by atoms with E-state index in [1.54, 1.807) is 0 Å². The Morgan fingerprint density at radius 3 is 2.26 bits per heavy atom. The van der Waals surface area contributed by atoms with E-state index in [-0.39, 0.29) is 0 Å². The highest BCUT2D eigenvalue weighted by atomic mass is 32.2. The highest BCUT2D eigenvalue weighted by Crippen LogP contribution is 2.49. The molecular formula is C20H20N2S. The van der Waals surface area contributed by atoms with E-state index in [9.17, 15) is 0 Å². The van der Waals surface area contributed by atoms with Gasteiger partial charge in [-0.25, -0.2) is 0 Å². The maximum atomic E-state index is 4.87. The van der Waals surface area contributed by atoms with E-state index in [0.717, 1.165) is 0 Å². The molecule has 116 valence electrons. The summed E-state index contributed by atoms with van der Waals surface area (Å²) in [4.78, 5) is 0. The lowest BCUT2D eigenvalue weighted by molar-refractivity contribution is 0.726. The monoisotopic (exact) mass is 320 g/mol. The number of rotatable bonds is 2. The summed E-state index contributed by atoms with van der Waals surface area (Å²) >= 11 is 2.00. The van der Waals surface area contributed by atoms with Gasteiger partial charge in [0.15, 0.2) is 0 Å². The fraction of sp³-hybridized carbons (Fsp3) is 0.250. The Morgan fingerprint density at radius 2 is 1.57 bits per heavy atom. The van der Waals surface area contributed by atoms with Crippen molar-refractivity contribution >= 4 is 23.2 Å². The summed E-state index contributed by atoms with van der Waals surface area (Å²) in [5.41, 5.74) is 5.19. The standard InChI is InChI=1S/C20H20N2S/c1-14-13-18(16-9-5-3-6-10-16)23-20-19(14)15(2)21-22(20)17-11-7-4-8-12-17/h3-13,18-20H,1-2H3/t18-,19-,20+/m1/s1. The van der Waals surface area contributed by atoms with Crippen molar-refractivity contribution < 1.29 is 0 Å². The quantitative estimate of drug-likeness (QED) is 0.701. The Morgan fingerprint density at radius 1 is 0.913 bits per heavy atom. The predicted octanol–water partition coefficient (Wildman–Crippen LogP) is 5.26. The van der Waals surface area contributed by atoms with Crippen molar-refractivity contribution in [2.24, 2.45) is 11.0 Å². The van der Waals surface area contributed by atoms with E-state index >= 15 is 0 Å². The lowest BCUT2D eigenvalue weighted by Gasteiger charge is -2.34. The van der Waals surface area contributed by atoms with Crippen molar-refractivity contribution in [3.05, 3.63) is 77.9 Å². The first kappa shape index (κ1) is 14.6. The van der Waals surface area contributed by atoms with Crippen LogP contribution in [-0.2, 0) is 0 Å². The van der Waals surface area contributed by atoms with Gasteiger partial charge in [0, 0.05) is 5.71 Å². The Balaban J connectivity index is 1.70. The summed E-state index contributed by atoms with van der Waals surface area (Å²) in [6, 6.07) is 21.3. The fourth-order valence-corrected chi connectivity index (χ4v) is 5.22. The van der Waals surface area contributed by atoms with Crippen molar-refractivity contribution in [1.82, 2.24) is 0 Å². The molecule has 2 aliphatic rings. The van der Waals surface area contributed by atoms with E-state index in [4.69, 9.17) is 5.10 Å². The molecule has 0 bridgehead atoms. The first-order chi connectivity index (χ1) is 11.2. The van der Waals surface area contributed by atoms with Crippen molar-refractivity contribution in [3.63, 3.8) is 0 Å². The molecule has 0 amide bonds. The lowest BCUT2D eigenvalue weighted by atomic mass is 9.93. The van der Waals surface area contributed by atoms with Crippen LogP contribution in [0.1, 0.15) is 24.7 Å². The molecule has 23 heavy (non-hydrogen) atoms. The molecule has 2 aliphatic heterocycles. The van der Waals surface area contributed by atoms with Gasteiger partial charge in [-0.3, -0.25) is 5.01 Å². The average Bonchev–Trinajstić information content (AvgIpc) is 2.94. The van der Waals surface area contributed by atoms with Crippen LogP contribution in [0.2, 0.25) is 0 Å².